The van der Waals surface area contributed by atoms with Crippen LogP contribution in [0.15, 0.2) is 41.3 Å². The third kappa shape index (κ3) is 3.64. The van der Waals surface area contributed by atoms with Crippen LogP contribution in [-0.2, 0) is 6.54 Å². The molecule has 3 saturated carbocycles. The Kier molecular flexibility index (Phi) is 5.20. The SMILES string of the molecule is C[C@H]1[C@H]2C[C@H](C[C@H]1Nc1cnn(CC(=O)c3ccc(N(C)C)cc3)c(=O)c1)C2(C)C. The first-order valence-corrected chi connectivity index (χ1v) is 10.8. The van der Waals surface area contributed by atoms with Crippen LogP contribution in [0.1, 0.15) is 44.0 Å². The molecule has 3 fully saturated rings. The molecule has 2 bridgehead atoms. The van der Waals surface area contributed by atoms with Crippen LogP contribution in [-0.4, -0.2) is 35.7 Å². The Balaban J connectivity index is 1.41. The van der Waals surface area contributed by atoms with Crippen LogP contribution in [0.5, 0.6) is 0 Å². The summed E-state index contributed by atoms with van der Waals surface area (Å²) in [6.07, 6.45) is 4.13. The first-order valence-electron chi connectivity index (χ1n) is 10.8. The van der Waals surface area contributed by atoms with Crippen molar-refractivity contribution in [2.24, 2.45) is 23.2 Å². The van der Waals surface area contributed by atoms with E-state index < -0.39 is 0 Å². The predicted molar refractivity (Wildman–Crippen MR) is 120 cm³/mol. The van der Waals surface area contributed by atoms with Gasteiger partial charge in [0.05, 0.1) is 11.9 Å². The standard InChI is InChI=1S/C24H32N4O2/c1-15-20-10-17(24(20,2)3)11-21(15)26-18-12-23(30)28(25-13-18)14-22(29)16-6-8-19(9-7-16)27(4)5/h6-9,12-13,15,17,20-21,26H,10-11,14H2,1-5H3/t15-,17+,20+,21+/m0/s1. The van der Waals surface area contributed by atoms with E-state index in [0.29, 0.717) is 22.9 Å². The molecule has 1 aromatic heterocycles. The predicted octanol–water partition coefficient (Wildman–Crippen LogP) is 3.67. The number of aromatic nitrogens is 2. The number of fused-ring (bicyclic) bond motifs is 2. The molecule has 4 atom stereocenters. The summed E-state index contributed by atoms with van der Waals surface area (Å²) in [5, 5.41) is 7.79. The molecule has 3 aliphatic rings. The van der Waals surface area contributed by atoms with E-state index in [2.05, 4.69) is 31.2 Å². The topological polar surface area (TPSA) is 67.2 Å². The van der Waals surface area contributed by atoms with E-state index in [9.17, 15) is 9.59 Å². The zero-order chi connectivity index (χ0) is 21.6. The van der Waals surface area contributed by atoms with Crippen LogP contribution < -0.4 is 15.8 Å². The van der Waals surface area contributed by atoms with Crippen molar-refractivity contribution in [3.63, 3.8) is 0 Å². The van der Waals surface area contributed by atoms with Gasteiger partial charge in [0.1, 0.15) is 6.54 Å². The smallest absolute Gasteiger partial charge is 0.269 e. The van der Waals surface area contributed by atoms with Gasteiger partial charge in [0.15, 0.2) is 5.78 Å². The number of hydrogen-bond donors (Lipinski definition) is 1. The quantitative estimate of drug-likeness (QED) is 0.739. The Hall–Kier alpha value is -2.63. The van der Waals surface area contributed by atoms with Gasteiger partial charge in [0.25, 0.3) is 5.56 Å². The maximum atomic E-state index is 12.6. The van der Waals surface area contributed by atoms with Gasteiger partial charge in [-0.05, 0) is 60.3 Å². The van der Waals surface area contributed by atoms with Gasteiger partial charge in [-0.25, -0.2) is 4.68 Å². The van der Waals surface area contributed by atoms with Gasteiger partial charge in [-0.3, -0.25) is 9.59 Å². The molecule has 30 heavy (non-hydrogen) atoms. The summed E-state index contributed by atoms with van der Waals surface area (Å²) in [6, 6.07) is 9.30. The maximum Gasteiger partial charge on any atom is 0.269 e. The molecule has 5 rings (SSSR count). The van der Waals surface area contributed by atoms with Crippen LogP contribution in [0.25, 0.3) is 0 Å². The van der Waals surface area contributed by atoms with Crippen LogP contribution in [0.4, 0.5) is 11.4 Å². The fraction of sp³-hybridized carbons (Fsp3) is 0.542. The molecule has 0 radical (unpaired) electrons. The number of carbonyl (C=O) groups is 1. The normalized spacial score (nSPS) is 26.6. The van der Waals surface area contributed by atoms with E-state index in [1.165, 1.54) is 11.1 Å². The highest BCUT2D eigenvalue weighted by molar-refractivity contribution is 5.96. The Morgan fingerprint density at radius 2 is 1.93 bits per heavy atom. The van der Waals surface area contributed by atoms with Gasteiger partial charge < -0.3 is 10.2 Å². The van der Waals surface area contributed by atoms with Crippen LogP contribution >= 0.6 is 0 Å². The Morgan fingerprint density at radius 1 is 1.23 bits per heavy atom. The van der Waals surface area contributed by atoms with Gasteiger partial charge in [-0.15, -0.1) is 0 Å². The van der Waals surface area contributed by atoms with E-state index in [1.54, 1.807) is 24.4 Å². The molecule has 160 valence electrons. The molecule has 2 aromatic rings. The molecular weight excluding hydrogens is 376 g/mol. The van der Waals surface area contributed by atoms with E-state index in [-0.39, 0.29) is 17.9 Å². The van der Waals surface area contributed by atoms with Crippen molar-refractivity contribution in [3.8, 4) is 0 Å². The minimum atomic E-state index is -0.257. The summed E-state index contributed by atoms with van der Waals surface area (Å²) < 4.78 is 1.23. The van der Waals surface area contributed by atoms with Crippen molar-refractivity contribution < 1.29 is 4.79 Å². The molecular formula is C24H32N4O2. The fourth-order valence-electron chi connectivity index (χ4n) is 5.36. The van der Waals surface area contributed by atoms with E-state index in [0.717, 1.165) is 29.6 Å². The summed E-state index contributed by atoms with van der Waals surface area (Å²) in [7, 11) is 3.90. The number of rotatable bonds is 6. The largest absolute Gasteiger partial charge is 0.381 e. The lowest BCUT2D eigenvalue weighted by atomic mass is 9.45. The molecule has 1 heterocycles. The van der Waals surface area contributed by atoms with Gasteiger partial charge in [0.2, 0.25) is 0 Å². The van der Waals surface area contributed by atoms with Crippen molar-refractivity contribution in [2.45, 2.75) is 46.2 Å². The molecule has 6 heteroatoms. The molecule has 0 amide bonds. The van der Waals surface area contributed by atoms with E-state index >= 15 is 0 Å². The number of benzene rings is 1. The lowest BCUT2D eigenvalue weighted by Gasteiger charge is -2.62. The average Bonchev–Trinajstić information content (AvgIpc) is 2.71. The third-order valence-corrected chi connectivity index (χ3v) is 7.57. The molecule has 0 unspecified atom stereocenters. The second-order valence-corrected chi connectivity index (χ2v) is 9.81. The molecule has 1 aromatic carbocycles. The number of hydrogen-bond acceptors (Lipinski definition) is 5. The highest BCUT2D eigenvalue weighted by Gasteiger charge is 2.56. The van der Waals surface area contributed by atoms with Gasteiger partial charge in [0, 0.05) is 37.5 Å². The number of nitrogens with one attached hydrogen (secondary N) is 1. The van der Waals surface area contributed by atoms with Gasteiger partial charge in [-0.2, -0.15) is 5.10 Å². The van der Waals surface area contributed by atoms with Crippen molar-refractivity contribution >= 4 is 17.2 Å². The zero-order valence-corrected chi connectivity index (χ0v) is 18.6. The van der Waals surface area contributed by atoms with Gasteiger partial charge in [-0.1, -0.05) is 20.8 Å². The number of anilines is 2. The van der Waals surface area contributed by atoms with Crippen molar-refractivity contribution in [1.29, 1.82) is 0 Å². The van der Waals surface area contributed by atoms with Crippen LogP contribution in [0, 0.1) is 23.2 Å². The van der Waals surface area contributed by atoms with Crippen LogP contribution in [0.3, 0.4) is 0 Å². The second-order valence-electron chi connectivity index (χ2n) is 9.81. The highest BCUT2D eigenvalue weighted by Crippen LogP contribution is 2.61. The number of carbonyl (C=O) groups excluding carboxylic acids is 1. The molecule has 0 spiro atoms. The molecule has 1 N–H and O–H groups in total. The molecule has 6 nitrogen and oxygen atoms in total. The molecule has 0 saturated heterocycles. The summed E-state index contributed by atoms with van der Waals surface area (Å²) in [4.78, 5) is 27.1. The lowest BCUT2D eigenvalue weighted by molar-refractivity contribution is -0.105. The Morgan fingerprint density at radius 3 is 2.50 bits per heavy atom. The van der Waals surface area contributed by atoms with Crippen molar-refractivity contribution in [2.75, 3.05) is 24.3 Å². The second kappa shape index (κ2) is 7.56. The summed E-state index contributed by atoms with van der Waals surface area (Å²) in [5.74, 6) is 1.93. The van der Waals surface area contributed by atoms with E-state index in [1.807, 2.05) is 31.1 Å². The summed E-state index contributed by atoms with van der Waals surface area (Å²) in [6.45, 7) is 7.02. The maximum absolute atomic E-state index is 12.6. The van der Waals surface area contributed by atoms with E-state index in [4.69, 9.17) is 0 Å². The first kappa shape index (κ1) is 20.6. The minimum Gasteiger partial charge on any atom is -0.381 e. The number of Topliss-reactive ketones (excluding diaryl/α,β-unsaturated/α-hetero) is 1. The molecule has 3 aliphatic carbocycles. The fourth-order valence-corrected chi connectivity index (χ4v) is 5.36. The number of ketones is 1. The average molecular weight is 409 g/mol. The first-order chi connectivity index (χ1) is 14.2. The van der Waals surface area contributed by atoms with Gasteiger partial charge >= 0.3 is 0 Å². The third-order valence-electron chi connectivity index (χ3n) is 7.57. The van der Waals surface area contributed by atoms with Crippen molar-refractivity contribution in [1.82, 2.24) is 9.78 Å². The summed E-state index contributed by atoms with van der Waals surface area (Å²) >= 11 is 0. The Labute approximate surface area is 178 Å². The Bertz CT molecular complexity index is 993. The van der Waals surface area contributed by atoms with Crippen molar-refractivity contribution in [3.05, 3.63) is 52.4 Å². The molecule has 0 aliphatic heterocycles. The number of nitrogens with zero attached hydrogens (tertiary/aromatic N) is 3. The highest BCUT2D eigenvalue weighted by atomic mass is 16.1. The summed E-state index contributed by atoms with van der Waals surface area (Å²) in [5.41, 5.74) is 2.52. The minimum absolute atomic E-state index is 0.0570. The zero-order valence-electron chi connectivity index (χ0n) is 18.6. The van der Waals surface area contributed by atoms with Crippen LogP contribution in [0.2, 0.25) is 0 Å². The monoisotopic (exact) mass is 408 g/mol. The lowest BCUT2D eigenvalue weighted by Crippen LogP contribution is -2.58.